The number of H-pyrrole nitrogens is 1. The van der Waals surface area contributed by atoms with Crippen molar-refractivity contribution in [1.29, 1.82) is 0 Å². The summed E-state index contributed by atoms with van der Waals surface area (Å²) in [5.74, 6) is 1.89. The predicted molar refractivity (Wildman–Crippen MR) is 137 cm³/mol. The van der Waals surface area contributed by atoms with Gasteiger partial charge in [0.05, 0.1) is 24.2 Å². The van der Waals surface area contributed by atoms with E-state index in [-0.39, 0.29) is 17.7 Å². The van der Waals surface area contributed by atoms with E-state index in [1.807, 2.05) is 48.7 Å². The number of fused-ring (bicyclic) bond motifs is 4. The Labute approximate surface area is 202 Å². The molecular formula is C29H24N4O2. The number of methoxy groups -OCH3 is 1. The molecule has 0 saturated carbocycles. The van der Waals surface area contributed by atoms with Crippen molar-refractivity contribution in [3.63, 3.8) is 0 Å². The van der Waals surface area contributed by atoms with Crippen LogP contribution in [0.15, 0.2) is 90.3 Å². The van der Waals surface area contributed by atoms with Crippen molar-refractivity contribution in [3.8, 4) is 5.75 Å². The summed E-state index contributed by atoms with van der Waals surface area (Å²) in [7, 11) is 1.67. The van der Waals surface area contributed by atoms with Crippen LogP contribution < -0.4 is 10.1 Å². The summed E-state index contributed by atoms with van der Waals surface area (Å²) in [5.41, 5.74) is 7.05. The van der Waals surface area contributed by atoms with Crippen LogP contribution in [0.2, 0.25) is 0 Å². The van der Waals surface area contributed by atoms with E-state index in [2.05, 4.69) is 45.2 Å². The SMILES string of the molecule is COc1ccc(C2CC(=O)C3=C(C2)Nc2nc4ccccc4n2C3c2c[nH]c3ccccc23)cc1. The normalized spacial score (nSPS) is 19.5. The molecule has 0 radical (unpaired) electrons. The highest BCUT2D eigenvalue weighted by Gasteiger charge is 2.40. The number of allylic oxidation sites excluding steroid dienone is 2. The zero-order valence-corrected chi connectivity index (χ0v) is 19.3. The summed E-state index contributed by atoms with van der Waals surface area (Å²) in [6, 6.07) is 24.2. The fourth-order valence-corrected chi connectivity index (χ4v) is 5.75. The first-order chi connectivity index (χ1) is 17.2. The summed E-state index contributed by atoms with van der Waals surface area (Å²) in [5, 5.41) is 4.68. The van der Waals surface area contributed by atoms with Crippen LogP contribution in [-0.2, 0) is 4.79 Å². The Morgan fingerprint density at radius 2 is 1.77 bits per heavy atom. The van der Waals surface area contributed by atoms with Gasteiger partial charge in [-0.3, -0.25) is 9.36 Å². The third-order valence-corrected chi connectivity index (χ3v) is 7.40. The number of ketones is 1. The monoisotopic (exact) mass is 460 g/mol. The van der Waals surface area contributed by atoms with Crippen molar-refractivity contribution in [2.45, 2.75) is 24.8 Å². The van der Waals surface area contributed by atoms with E-state index in [1.165, 1.54) is 0 Å². The molecule has 2 atom stereocenters. The number of aromatic amines is 1. The summed E-state index contributed by atoms with van der Waals surface area (Å²) in [6.07, 6.45) is 3.29. The number of carbonyl (C=O) groups excluding carboxylic acids is 1. The second-order valence-electron chi connectivity index (χ2n) is 9.31. The lowest BCUT2D eigenvalue weighted by atomic mass is 9.77. The Morgan fingerprint density at radius 1 is 0.971 bits per heavy atom. The molecule has 3 aromatic carbocycles. The molecule has 35 heavy (non-hydrogen) atoms. The highest BCUT2D eigenvalue weighted by Crippen LogP contribution is 2.47. The first-order valence-corrected chi connectivity index (χ1v) is 11.9. The number of aromatic nitrogens is 3. The van der Waals surface area contributed by atoms with Crippen molar-refractivity contribution in [3.05, 3.63) is 101 Å². The lowest BCUT2D eigenvalue weighted by Gasteiger charge is -2.36. The maximum absolute atomic E-state index is 13.9. The second-order valence-corrected chi connectivity index (χ2v) is 9.31. The molecule has 3 heterocycles. The maximum Gasteiger partial charge on any atom is 0.209 e. The molecule has 5 aromatic rings. The number of hydrogen-bond acceptors (Lipinski definition) is 4. The van der Waals surface area contributed by atoms with Crippen molar-refractivity contribution in [1.82, 2.24) is 14.5 Å². The number of hydrogen-bond donors (Lipinski definition) is 2. The summed E-state index contributed by atoms with van der Waals surface area (Å²) in [6.45, 7) is 0. The molecule has 2 N–H and O–H groups in total. The number of carbonyl (C=O) groups is 1. The summed E-state index contributed by atoms with van der Waals surface area (Å²) in [4.78, 5) is 22.2. The number of para-hydroxylation sites is 3. The average Bonchev–Trinajstić information content (AvgIpc) is 3.49. The van der Waals surface area contributed by atoms with Gasteiger partial charge in [0.2, 0.25) is 5.95 Å². The molecule has 6 heteroatoms. The smallest absolute Gasteiger partial charge is 0.209 e. The Balaban J connectivity index is 1.41. The number of anilines is 1. The van der Waals surface area contributed by atoms with Crippen LogP contribution in [0.3, 0.4) is 0 Å². The average molecular weight is 461 g/mol. The molecule has 2 unspecified atom stereocenters. The Bertz CT molecular complexity index is 1640. The van der Waals surface area contributed by atoms with Crippen LogP contribution in [0.1, 0.15) is 35.9 Å². The van der Waals surface area contributed by atoms with Crippen LogP contribution in [0.4, 0.5) is 5.95 Å². The van der Waals surface area contributed by atoms with Gasteiger partial charge in [-0.15, -0.1) is 0 Å². The fourth-order valence-electron chi connectivity index (χ4n) is 5.75. The number of benzene rings is 3. The quantitative estimate of drug-likeness (QED) is 0.349. The van der Waals surface area contributed by atoms with Gasteiger partial charge < -0.3 is 15.0 Å². The topological polar surface area (TPSA) is 71.9 Å². The zero-order chi connectivity index (χ0) is 23.5. The molecule has 1 aliphatic heterocycles. The van der Waals surface area contributed by atoms with Crippen LogP contribution >= 0.6 is 0 Å². The highest BCUT2D eigenvalue weighted by atomic mass is 16.5. The number of rotatable bonds is 3. The van der Waals surface area contributed by atoms with Gasteiger partial charge in [0, 0.05) is 40.4 Å². The van der Waals surface area contributed by atoms with E-state index >= 15 is 0 Å². The van der Waals surface area contributed by atoms with Crippen molar-refractivity contribution in [2.24, 2.45) is 0 Å². The van der Waals surface area contributed by atoms with E-state index in [9.17, 15) is 4.79 Å². The lowest BCUT2D eigenvalue weighted by molar-refractivity contribution is -0.116. The largest absolute Gasteiger partial charge is 0.497 e. The number of ether oxygens (including phenoxy) is 1. The van der Waals surface area contributed by atoms with E-state index in [1.54, 1.807) is 7.11 Å². The summed E-state index contributed by atoms with van der Waals surface area (Å²) >= 11 is 0. The van der Waals surface area contributed by atoms with Gasteiger partial charge in [-0.2, -0.15) is 0 Å². The minimum Gasteiger partial charge on any atom is -0.497 e. The second kappa shape index (κ2) is 7.60. The molecule has 2 aromatic heterocycles. The molecule has 0 saturated heterocycles. The predicted octanol–water partition coefficient (Wildman–Crippen LogP) is 5.94. The van der Waals surface area contributed by atoms with E-state index < -0.39 is 0 Å². The molecule has 0 amide bonds. The molecule has 0 fully saturated rings. The molecule has 0 bridgehead atoms. The highest BCUT2D eigenvalue weighted by molar-refractivity contribution is 6.02. The zero-order valence-electron chi connectivity index (χ0n) is 19.3. The molecule has 1 aliphatic carbocycles. The molecule has 7 rings (SSSR count). The van der Waals surface area contributed by atoms with E-state index in [4.69, 9.17) is 9.72 Å². The van der Waals surface area contributed by atoms with Crippen molar-refractivity contribution < 1.29 is 9.53 Å². The third kappa shape index (κ3) is 3.03. The van der Waals surface area contributed by atoms with E-state index in [0.29, 0.717) is 6.42 Å². The number of Topliss-reactive ketones (excluding diaryl/α,β-unsaturated/α-hetero) is 1. The Hall–Kier alpha value is -4.32. The molecule has 2 aliphatic rings. The van der Waals surface area contributed by atoms with Crippen LogP contribution in [0, 0.1) is 0 Å². The van der Waals surface area contributed by atoms with Gasteiger partial charge in [-0.25, -0.2) is 4.98 Å². The molecular weight excluding hydrogens is 436 g/mol. The first kappa shape index (κ1) is 20.1. The van der Waals surface area contributed by atoms with Gasteiger partial charge in [0.15, 0.2) is 5.78 Å². The number of nitrogens with zero attached hydrogens (tertiary/aromatic N) is 2. The van der Waals surface area contributed by atoms with Crippen LogP contribution in [-0.4, -0.2) is 27.4 Å². The van der Waals surface area contributed by atoms with Gasteiger partial charge in [-0.05, 0) is 48.2 Å². The molecule has 0 spiro atoms. The van der Waals surface area contributed by atoms with Gasteiger partial charge in [-0.1, -0.05) is 42.5 Å². The minimum absolute atomic E-state index is 0.110. The van der Waals surface area contributed by atoms with Crippen LogP contribution in [0.5, 0.6) is 5.75 Å². The Kier molecular flexibility index (Phi) is 4.36. The standard InChI is InChI=1S/C29H24N4O2/c1-35-19-12-10-17(11-13-19)18-14-24-27(26(34)15-18)28(21-16-30-22-7-3-2-6-20(21)22)33-25-9-5-4-8-23(25)31-29(33)32-24/h2-13,16,18,28,30H,14-15H2,1H3,(H,31,32). The third-order valence-electron chi connectivity index (χ3n) is 7.40. The molecule has 6 nitrogen and oxygen atoms in total. The maximum atomic E-state index is 13.9. The summed E-state index contributed by atoms with van der Waals surface area (Å²) < 4.78 is 7.51. The Morgan fingerprint density at radius 3 is 2.63 bits per heavy atom. The molecule has 172 valence electrons. The lowest BCUT2D eigenvalue weighted by Crippen LogP contribution is -2.33. The van der Waals surface area contributed by atoms with E-state index in [0.717, 1.165) is 62.5 Å². The van der Waals surface area contributed by atoms with Gasteiger partial charge in [0.1, 0.15) is 5.75 Å². The number of nitrogens with one attached hydrogen (secondary N) is 2. The van der Waals surface area contributed by atoms with Crippen molar-refractivity contribution in [2.75, 3.05) is 12.4 Å². The first-order valence-electron chi connectivity index (χ1n) is 11.9. The minimum atomic E-state index is -0.242. The fraction of sp³-hybridized carbons (Fsp3) is 0.172. The van der Waals surface area contributed by atoms with Crippen LogP contribution in [0.25, 0.3) is 21.9 Å². The van der Waals surface area contributed by atoms with Gasteiger partial charge >= 0.3 is 0 Å². The van der Waals surface area contributed by atoms with Crippen molar-refractivity contribution >= 4 is 33.7 Å². The van der Waals surface area contributed by atoms with Gasteiger partial charge in [0.25, 0.3) is 0 Å². The number of imidazole rings is 1.